The molecule has 4 rings (SSSR count). The Kier molecular flexibility index (Phi) is 5.10. The number of para-hydroxylation sites is 1. The van der Waals surface area contributed by atoms with Crippen LogP contribution in [0.1, 0.15) is 17.0 Å². The fourth-order valence-corrected chi connectivity index (χ4v) is 4.89. The summed E-state index contributed by atoms with van der Waals surface area (Å²) in [5.41, 5.74) is 2.36. The van der Waals surface area contributed by atoms with Crippen molar-refractivity contribution in [3.63, 3.8) is 0 Å². The molecule has 3 heterocycles. The molecule has 0 N–H and O–H groups in total. The molecule has 130 valence electrons. The van der Waals surface area contributed by atoms with Gasteiger partial charge in [0.1, 0.15) is 5.01 Å². The van der Waals surface area contributed by atoms with Crippen molar-refractivity contribution < 1.29 is 4.79 Å². The van der Waals surface area contributed by atoms with Crippen LogP contribution in [-0.4, -0.2) is 46.9 Å². The minimum absolute atomic E-state index is 0.283. The van der Waals surface area contributed by atoms with Crippen molar-refractivity contribution >= 4 is 38.8 Å². The molecule has 0 atom stereocenters. The second-order valence-corrected chi connectivity index (χ2v) is 8.26. The van der Waals surface area contributed by atoms with E-state index < -0.39 is 0 Å². The van der Waals surface area contributed by atoms with Crippen molar-refractivity contribution in [3.05, 3.63) is 51.7 Å². The van der Waals surface area contributed by atoms with Gasteiger partial charge in [-0.25, -0.2) is 4.98 Å². The van der Waals surface area contributed by atoms with Gasteiger partial charge in [0.25, 0.3) is 0 Å². The Bertz CT molecular complexity index is 802. The van der Waals surface area contributed by atoms with Crippen LogP contribution in [0.25, 0.3) is 10.2 Å². The molecule has 0 saturated carbocycles. The fraction of sp³-hybridized carbons (Fsp3) is 0.368. The molecule has 1 saturated heterocycles. The van der Waals surface area contributed by atoms with Gasteiger partial charge in [-0.05, 0) is 40.9 Å². The third kappa shape index (κ3) is 4.08. The molecule has 0 radical (unpaired) electrons. The Morgan fingerprint density at radius 1 is 1.12 bits per heavy atom. The lowest BCUT2D eigenvalue weighted by atomic mass is 10.1. The molecule has 0 unspecified atom stereocenters. The quantitative estimate of drug-likeness (QED) is 0.687. The average molecular weight is 372 g/mol. The highest BCUT2D eigenvalue weighted by molar-refractivity contribution is 7.18. The summed E-state index contributed by atoms with van der Waals surface area (Å²) >= 11 is 3.47. The van der Waals surface area contributed by atoms with Crippen molar-refractivity contribution in [1.82, 2.24) is 14.8 Å². The van der Waals surface area contributed by atoms with Gasteiger partial charge in [0.15, 0.2) is 0 Å². The van der Waals surface area contributed by atoms with Crippen molar-refractivity contribution in [3.8, 4) is 0 Å². The monoisotopic (exact) mass is 371 g/mol. The second kappa shape index (κ2) is 7.64. The van der Waals surface area contributed by atoms with E-state index in [1.54, 1.807) is 22.7 Å². The lowest BCUT2D eigenvalue weighted by molar-refractivity contribution is -0.132. The number of piperazine rings is 1. The molecule has 2 aromatic heterocycles. The standard InChI is InChI=1S/C19H21N3OS2/c23-19(6-5-15-7-12-24-14-15)22-10-8-21(9-11-22)13-18-20-16-3-1-2-4-17(16)25-18/h1-4,7,12,14H,5-6,8-11,13H2. The zero-order chi connectivity index (χ0) is 17.1. The number of carbonyl (C=O) groups excluding carboxylic acids is 1. The molecule has 3 aromatic rings. The Morgan fingerprint density at radius 3 is 2.72 bits per heavy atom. The number of thiophene rings is 1. The Balaban J connectivity index is 1.27. The van der Waals surface area contributed by atoms with Gasteiger partial charge in [0.05, 0.1) is 16.8 Å². The van der Waals surface area contributed by atoms with Crippen molar-refractivity contribution in [2.75, 3.05) is 26.2 Å². The molecule has 6 heteroatoms. The number of nitrogens with zero attached hydrogens (tertiary/aromatic N) is 3. The highest BCUT2D eigenvalue weighted by atomic mass is 32.1. The number of aryl methyl sites for hydroxylation is 1. The molecule has 0 spiro atoms. The molecule has 1 aliphatic heterocycles. The highest BCUT2D eigenvalue weighted by Gasteiger charge is 2.21. The van der Waals surface area contributed by atoms with E-state index in [4.69, 9.17) is 4.98 Å². The van der Waals surface area contributed by atoms with Crippen LogP contribution in [0.3, 0.4) is 0 Å². The van der Waals surface area contributed by atoms with E-state index in [1.807, 2.05) is 11.0 Å². The van der Waals surface area contributed by atoms with E-state index in [0.29, 0.717) is 6.42 Å². The Labute approximate surface area is 155 Å². The molecule has 0 bridgehead atoms. The van der Waals surface area contributed by atoms with Gasteiger partial charge in [-0.2, -0.15) is 11.3 Å². The van der Waals surface area contributed by atoms with E-state index in [2.05, 4.69) is 39.9 Å². The van der Waals surface area contributed by atoms with Crippen LogP contribution in [0.5, 0.6) is 0 Å². The lowest BCUT2D eigenvalue weighted by Crippen LogP contribution is -2.48. The summed E-state index contributed by atoms with van der Waals surface area (Å²) in [5.74, 6) is 0.283. The Hall–Kier alpha value is -1.76. The first kappa shape index (κ1) is 16.7. The van der Waals surface area contributed by atoms with Crippen molar-refractivity contribution in [1.29, 1.82) is 0 Å². The predicted molar refractivity (Wildman–Crippen MR) is 104 cm³/mol. The Morgan fingerprint density at radius 2 is 1.96 bits per heavy atom. The molecule has 25 heavy (non-hydrogen) atoms. The normalized spacial score (nSPS) is 15.8. The smallest absolute Gasteiger partial charge is 0.222 e. The maximum Gasteiger partial charge on any atom is 0.222 e. The van der Waals surface area contributed by atoms with Gasteiger partial charge < -0.3 is 4.90 Å². The van der Waals surface area contributed by atoms with Gasteiger partial charge in [0.2, 0.25) is 5.91 Å². The molecule has 0 aliphatic carbocycles. The van der Waals surface area contributed by atoms with Gasteiger partial charge in [-0.15, -0.1) is 11.3 Å². The van der Waals surface area contributed by atoms with Crippen LogP contribution < -0.4 is 0 Å². The molecule has 1 aliphatic rings. The molecule has 1 amide bonds. The minimum atomic E-state index is 0.283. The summed E-state index contributed by atoms with van der Waals surface area (Å²) in [6.45, 7) is 4.40. The fourth-order valence-electron chi connectivity index (χ4n) is 3.18. The lowest BCUT2D eigenvalue weighted by Gasteiger charge is -2.34. The number of fused-ring (bicyclic) bond motifs is 1. The minimum Gasteiger partial charge on any atom is -0.340 e. The van der Waals surface area contributed by atoms with Gasteiger partial charge in [-0.3, -0.25) is 9.69 Å². The van der Waals surface area contributed by atoms with E-state index in [1.165, 1.54) is 15.3 Å². The van der Waals surface area contributed by atoms with E-state index in [-0.39, 0.29) is 5.91 Å². The zero-order valence-electron chi connectivity index (χ0n) is 14.1. The molecule has 4 nitrogen and oxygen atoms in total. The summed E-state index contributed by atoms with van der Waals surface area (Å²) in [6.07, 6.45) is 1.48. The number of thiazole rings is 1. The summed E-state index contributed by atoms with van der Waals surface area (Å²) < 4.78 is 1.25. The largest absolute Gasteiger partial charge is 0.340 e. The van der Waals surface area contributed by atoms with Gasteiger partial charge >= 0.3 is 0 Å². The second-order valence-electron chi connectivity index (χ2n) is 6.36. The summed E-state index contributed by atoms with van der Waals surface area (Å²) in [6, 6.07) is 10.4. The van der Waals surface area contributed by atoms with Crippen LogP contribution in [0, 0.1) is 0 Å². The first-order chi connectivity index (χ1) is 12.3. The third-order valence-corrected chi connectivity index (χ3v) is 6.38. The maximum absolute atomic E-state index is 12.4. The number of carbonyl (C=O) groups is 1. The van der Waals surface area contributed by atoms with Crippen LogP contribution in [0.4, 0.5) is 0 Å². The van der Waals surface area contributed by atoms with Crippen LogP contribution in [0.2, 0.25) is 0 Å². The molecular weight excluding hydrogens is 350 g/mol. The van der Waals surface area contributed by atoms with Crippen LogP contribution >= 0.6 is 22.7 Å². The predicted octanol–water partition coefficient (Wildman–Crippen LogP) is 3.63. The number of amides is 1. The van der Waals surface area contributed by atoms with Crippen molar-refractivity contribution in [2.24, 2.45) is 0 Å². The summed E-state index contributed by atoms with van der Waals surface area (Å²) in [7, 11) is 0. The van der Waals surface area contributed by atoms with E-state index in [9.17, 15) is 4.79 Å². The number of hydrogen-bond acceptors (Lipinski definition) is 5. The number of rotatable bonds is 5. The van der Waals surface area contributed by atoms with Crippen molar-refractivity contribution in [2.45, 2.75) is 19.4 Å². The molecule has 1 aromatic carbocycles. The molecular formula is C19H21N3OS2. The number of aromatic nitrogens is 1. The molecule has 1 fully saturated rings. The average Bonchev–Trinajstić information content (AvgIpc) is 3.29. The number of benzene rings is 1. The highest BCUT2D eigenvalue weighted by Crippen LogP contribution is 2.23. The van der Waals surface area contributed by atoms with Gasteiger partial charge in [0, 0.05) is 32.6 Å². The summed E-state index contributed by atoms with van der Waals surface area (Å²) in [4.78, 5) is 21.5. The maximum atomic E-state index is 12.4. The first-order valence-electron chi connectivity index (χ1n) is 8.63. The first-order valence-corrected chi connectivity index (χ1v) is 10.4. The van der Waals surface area contributed by atoms with Gasteiger partial charge in [-0.1, -0.05) is 12.1 Å². The topological polar surface area (TPSA) is 36.4 Å². The third-order valence-electron chi connectivity index (χ3n) is 4.63. The van der Waals surface area contributed by atoms with Crippen LogP contribution in [-0.2, 0) is 17.8 Å². The summed E-state index contributed by atoms with van der Waals surface area (Å²) in [5, 5.41) is 5.36. The van der Waals surface area contributed by atoms with E-state index in [0.717, 1.165) is 44.7 Å². The number of hydrogen-bond donors (Lipinski definition) is 0. The van der Waals surface area contributed by atoms with E-state index >= 15 is 0 Å². The SMILES string of the molecule is O=C(CCc1ccsc1)N1CCN(Cc2nc3ccccc3s2)CC1. The zero-order valence-corrected chi connectivity index (χ0v) is 15.7. The van der Waals surface area contributed by atoms with Crippen LogP contribution in [0.15, 0.2) is 41.1 Å².